The Hall–Kier alpha value is -1.19. The molecule has 3 nitrogen and oxygen atoms in total. The fourth-order valence-electron chi connectivity index (χ4n) is 1.19. The zero-order valence-corrected chi connectivity index (χ0v) is 10.3. The van der Waals surface area contributed by atoms with Crippen LogP contribution in [0.3, 0.4) is 0 Å². The predicted molar refractivity (Wildman–Crippen MR) is 64.5 cm³/mol. The van der Waals surface area contributed by atoms with E-state index in [4.69, 9.17) is 32.7 Å². The number of carbonyl (C=O) groups is 1. The lowest BCUT2D eigenvalue weighted by molar-refractivity contribution is -0.107. The Morgan fingerprint density at radius 2 is 2.00 bits per heavy atom. The average Bonchev–Trinajstić information content (AvgIpc) is 2.26. The van der Waals surface area contributed by atoms with Crippen LogP contribution in [-0.2, 0) is 4.79 Å². The first-order chi connectivity index (χ1) is 7.60. The van der Waals surface area contributed by atoms with E-state index in [0.717, 1.165) is 0 Å². The summed E-state index contributed by atoms with van der Waals surface area (Å²) in [5.41, 5.74) is 0.633. The van der Waals surface area contributed by atoms with Gasteiger partial charge < -0.3 is 9.47 Å². The van der Waals surface area contributed by atoms with Gasteiger partial charge in [0.15, 0.2) is 11.5 Å². The number of halogens is 2. The number of carbonyl (C=O) groups excluding carboxylic acids is 1. The standard InChI is InChI=1S/C11H10Cl2O3/c1-15-8-5-3-7(4-6-9(12)14)10(13)11(8)16-2/h3-6H,1-2H3. The largest absolute Gasteiger partial charge is 0.493 e. The number of allylic oxidation sites excluding steroid dienone is 1. The molecule has 86 valence electrons. The summed E-state index contributed by atoms with van der Waals surface area (Å²) in [7, 11) is 3.01. The third kappa shape index (κ3) is 2.90. The van der Waals surface area contributed by atoms with Gasteiger partial charge in [-0.15, -0.1) is 0 Å². The molecule has 0 aliphatic carbocycles. The van der Waals surface area contributed by atoms with Crippen molar-refractivity contribution in [1.29, 1.82) is 0 Å². The number of methoxy groups -OCH3 is 2. The fraction of sp³-hybridized carbons (Fsp3) is 0.182. The van der Waals surface area contributed by atoms with E-state index in [-0.39, 0.29) is 0 Å². The highest BCUT2D eigenvalue weighted by Crippen LogP contribution is 2.37. The van der Waals surface area contributed by atoms with Crippen molar-refractivity contribution in [2.45, 2.75) is 0 Å². The van der Waals surface area contributed by atoms with Gasteiger partial charge in [0.2, 0.25) is 5.24 Å². The van der Waals surface area contributed by atoms with Crippen LogP contribution in [0.4, 0.5) is 0 Å². The maximum atomic E-state index is 10.6. The monoisotopic (exact) mass is 260 g/mol. The van der Waals surface area contributed by atoms with Crippen molar-refractivity contribution in [3.05, 3.63) is 28.8 Å². The summed E-state index contributed by atoms with van der Waals surface area (Å²) in [5, 5.41) is -0.193. The Morgan fingerprint density at radius 1 is 1.31 bits per heavy atom. The molecule has 0 atom stereocenters. The van der Waals surface area contributed by atoms with E-state index < -0.39 is 5.24 Å². The first-order valence-corrected chi connectivity index (χ1v) is 5.13. The molecule has 0 aliphatic heterocycles. The molecule has 0 bridgehead atoms. The molecule has 1 rings (SSSR count). The lowest BCUT2D eigenvalue weighted by atomic mass is 10.2. The van der Waals surface area contributed by atoms with E-state index in [0.29, 0.717) is 22.1 Å². The SMILES string of the molecule is COc1ccc(C=CC(=O)Cl)c(Cl)c1OC. The number of hydrogen-bond donors (Lipinski definition) is 0. The molecule has 0 radical (unpaired) electrons. The number of ether oxygens (including phenoxy) is 2. The Balaban J connectivity index is 3.18. The van der Waals surface area contributed by atoms with Crippen LogP contribution < -0.4 is 9.47 Å². The summed E-state index contributed by atoms with van der Waals surface area (Å²) in [6.07, 6.45) is 2.73. The third-order valence-electron chi connectivity index (χ3n) is 1.91. The molecule has 0 heterocycles. The minimum Gasteiger partial charge on any atom is -0.493 e. The summed E-state index contributed by atoms with van der Waals surface area (Å²) in [5.74, 6) is 0.954. The lowest BCUT2D eigenvalue weighted by Crippen LogP contribution is -1.92. The van der Waals surface area contributed by atoms with E-state index in [1.807, 2.05) is 0 Å². The summed E-state index contributed by atoms with van der Waals surface area (Å²) in [6.45, 7) is 0. The van der Waals surface area contributed by atoms with E-state index >= 15 is 0 Å². The van der Waals surface area contributed by atoms with Crippen molar-refractivity contribution in [3.63, 3.8) is 0 Å². The smallest absolute Gasteiger partial charge is 0.245 e. The molecule has 0 unspecified atom stereocenters. The van der Waals surface area contributed by atoms with Crippen LogP contribution in [0.15, 0.2) is 18.2 Å². The molecule has 0 amide bonds. The van der Waals surface area contributed by atoms with Crippen LogP contribution in [-0.4, -0.2) is 19.5 Å². The van der Waals surface area contributed by atoms with Gasteiger partial charge in [-0.1, -0.05) is 11.6 Å². The lowest BCUT2D eigenvalue weighted by Gasteiger charge is -2.10. The zero-order chi connectivity index (χ0) is 12.1. The quantitative estimate of drug-likeness (QED) is 0.617. The highest BCUT2D eigenvalue weighted by atomic mass is 35.5. The van der Waals surface area contributed by atoms with E-state index in [1.54, 1.807) is 12.1 Å². The van der Waals surface area contributed by atoms with Crippen molar-refractivity contribution in [2.75, 3.05) is 14.2 Å². The minimum absolute atomic E-state index is 0.371. The second kappa shape index (κ2) is 5.77. The van der Waals surface area contributed by atoms with Crippen LogP contribution in [0.2, 0.25) is 5.02 Å². The normalized spacial score (nSPS) is 10.5. The highest BCUT2D eigenvalue weighted by Gasteiger charge is 2.11. The second-order valence-corrected chi connectivity index (χ2v) is 3.59. The summed E-state index contributed by atoms with van der Waals surface area (Å²) in [4.78, 5) is 10.6. The van der Waals surface area contributed by atoms with Gasteiger partial charge in [-0.3, -0.25) is 4.79 Å². The molecule has 1 aromatic rings. The van der Waals surface area contributed by atoms with Crippen molar-refractivity contribution in [1.82, 2.24) is 0 Å². The molecule has 16 heavy (non-hydrogen) atoms. The Morgan fingerprint density at radius 3 is 2.50 bits per heavy atom. The molecule has 0 aromatic heterocycles. The first-order valence-electron chi connectivity index (χ1n) is 4.38. The maximum absolute atomic E-state index is 10.6. The summed E-state index contributed by atoms with van der Waals surface area (Å²) < 4.78 is 10.2. The van der Waals surface area contributed by atoms with Gasteiger partial charge >= 0.3 is 0 Å². The summed E-state index contributed by atoms with van der Waals surface area (Å²) >= 11 is 11.3. The van der Waals surface area contributed by atoms with Gasteiger partial charge in [0.25, 0.3) is 0 Å². The number of benzene rings is 1. The fourth-order valence-corrected chi connectivity index (χ4v) is 1.55. The van der Waals surface area contributed by atoms with Crippen LogP contribution in [0.5, 0.6) is 11.5 Å². The molecule has 0 aliphatic rings. The first kappa shape index (κ1) is 12.9. The number of hydrogen-bond acceptors (Lipinski definition) is 3. The van der Waals surface area contributed by atoms with Crippen molar-refractivity contribution in [3.8, 4) is 11.5 Å². The van der Waals surface area contributed by atoms with Crippen LogP contribution in [0.1, 0.15) is 5.56 Å². The summed E-state index contributed by atoms with van der Waals surface area (Å²) in [6, 6.07) is 3.41. The van der Waals surface area contributed by atoms with Gasteiger partial charge in [-0.25, -0.2) is 0 Å². The molecule has 1 aromatic carbocycles. The Bertz CT molecular complexity index is 427. The minimum atomic E-state index is -0.564. The van der Waals surface area contributed by atoms with E-state index in [9.17, 15) is 4.79 Å². The molecular weight excluding hydrogens is 251 g/mol. The molecule has 0 saturated carbocycles. The molecule has 0 spiro atoms. The Kier molecular flexibility index (Phi) is 4.65. The second-order valence-electron chi connectivity index (χ2n) is 2.84. The Labute approximate surface area is 104 Å². The molecular formula is C11H10Cl2O3. The van der Waals surface area contributed by atoms with Crippen LogP contribution >= 0.6 is 23.2 Å². The third-order valence-corrected chi connectivity index (χ3v) is 2.42. The van der Waals surface area contributed by atoms with Crippen LogP contribution in [0.25, 0.3) is 6.08 Å². The van der Waals surface area contributed by atoms with E-state index in [2.05, 4.69) is 0 Å². The molecule has 5 heteroatoms. The predicted octanol–water partition coefficient (Wildman–Crippen LogP) is 3.14. The maximum Gasteiger partial charge on any atom is 0.245 e. The molecule has 0 N–H and O–H groups in total. The van der Waals surface area contributed by atoms with Crippen molar-refractivity contribution in [2.24, 2.45) is 0 Å². The van der Waals surface area contributed by atoms with E-state index in [1.165, 1.54) is 26.4 Å². The zero-order valence-electron chi connectivity index (χ0n) is 8.79. The van der Waals surface area contributed by atoms with Crippen molar-refractivity contribution < 1.29 is 14.3 Å². The molecule has 0 saturated heterocycles. The average molecular weight is 261 g/mol. The van der Waals surface area contributed by atoms with Gasteiger partial charge in [0.1, 0.15) is 0 Å². The topological polar surface area (TPSA) is 35.5 Å². The van der Waals surface area contributed by atoms with Crippen LogP contribution in [0, 0.1) is 0 Å². The molecule has 0 fully saturated rings. The van der Waals surface area contributed by atoms with Gasteiger partial charge in [0.05, 0.1) is 19.2 Å². The highest BCUT2D eigenvalue weighted by molar-refractivity contribution is 6.66. The van der Waals surface area contributed by atoms with Gasteiger partial charge in [-0.05, 0) is 41.4 Å². The number of rotatable bonds is 4. The van der Waals surface area contributed by atoms with Gasteiger partial charge in [0, 0.05) is 0 Å². The van der Waals surface area contributed by atoms with Crippen molar-refractivity contribution >= 4 is 34.5 Å². The van der Waals surface area contributed by atoms with Gasteiger partial charge in [-0.2, -0.15) is 0 Å².